The smallest absolute Gasteiger partial charge is 0.344 e. The standard InChI is InChI=1S/C23H23FN2O4/c1-4-29-22(27)14-30-20-7-5-6-18(13-20)25-23(28)21-12-15(2)26(16(21)3)19-10-8-17(24)9-11-19/h5-13H,4,14H2,1-3H3,(H,25,28). The second kappa shape index (κ2) is 9.26. The third-order valence-corrected chi connectivity index (χ3v) is 4.51. The fraction of sp³-hybridized carbons (Fsp3) is 0.217. The Kier molecular flexibility index (Phi) is 6.51. The van der Waals surface area contributed by atoms with Crippen LogP contribution in [-0.2, 0) is 9.53 Å². The van der Waals surface area contributed by atoms with E-state index < -0.39 is 5.97 Å². The Balaban J connectivity index is 1.75. The SMILES string of the molecule is CCOC(=O)COc1cccc(NC(=O)c2cc(C)n(-c3ccc(F)cc3)c2C)c1. The van der Waals surface area contributed by atoms with Crippen molar-refractivity contribution in [2.24, 2.45) is 0 Å². The average Bonchev–Trinajstić information content (AvgIpc) is 3.02. The van der Waals surface area contributed by atoms with Crippen molar-refractivity contribution in [2.45, 2.75) is 20.8 Å². The van der Waals surface area contributed by atoms with Crippen LogP contribution in [0.2, 0.25) is 0 Å². The van der Waals surface area contributed by atoms with Gasteiger partial charge in [-0.1, -0.05) is 6.07 Å². The first-order chi connectivity index (χ1) is 14.4. The van der Waals surface area contributed by atoms with Gasteiger partial charge in [0, 0.05) is 28.8 Å². The van der Waals surface area contributed by atoms with E-state index in [0.29, 0.717) is 17.0 Å². The third kappa shape index (κ3) is 4.86. The molecule has 7 heteroatoms. The maximum Gasteiger partial charge on any atom is 0.344 e. The van der Waals surface area contributed by atoms with E-state index in [1.807, 2.05) is 18.4 Å². The predicted molar refractivity (Wildman–Crippen MR) is 112 cm³/mol. The summed E-state index contributed by atoms with van der Waals surface area (Å²) in [5, 5.41) is 2.84. The minimum atomic E-state index is -0.458. The van der Waals surface area contributed by atoms with Crippen molar-refractivity contribution in [1.29, 1.82) is 0 Å². The first kappa shape index (κ1) is 21.1. The van der Waals surface area contributed by atoms with Gasteiger partial charge < -0.3 is 19.4 Å². The van der Waals surface area contributed by atoms with E-state index in [4.69, 9.17) is 9.47 Å². The molecule has 1 N–H and O–H groups in total. The van der Waals surface area contributed by atoms with Crippen LogP contribution in [0.1, 0.15) is 28.7 Å². The summed E-state index contributed by atoms with van der Waals surface area (Å²) < 4.78 is 25.4. The number of halogens is 1. The molecule has 0 atom stereocenters. The molecule has 6 nitrogen and oxygen atoms in total. The molecule has 1 amide bonds. The molecule has 3 aromatic rings. The van der Waals surface area contributed by atoms with Gasteiger partial charge in [-0.25, -0.2) is 9.18 Å². The number of aryl methyl sites for hydroxylation is 1. The molecule has 2 aromatic carbocycles. The number of hydrogen-bond acceptors (Lipinski definition) is 4. The number of aromatic nitrogens is 1. The number of nitrogens with zero attached hydrogens (tertiary/aromatic N) is 1. The zero-order valence-electron chi connectivity index (χ0n) is 17.1. The van der Waals surface area contributed by atoms with E-state index in [1.54, 1.807) is 49.4 Å². The van der Waals surface area contributed by atoms with Gasteiger partial charge in [-0.05, 0) is 63.2 Å². The topological polar surface area (TPSA) is 69.6 Å². The second-order valence-corrected chi connectivity index (χ2v) is 6.67. The van der Waals surface area contributed by atoms with Gasteiger partial charge in [0.15, 0.2) is 6.61 Å². The van der Waals surface area contributed by atoms with Crippen LogP contribution in [0.5, 0.6) is 5.75 Å². The molecule has 0 bridgehead atoms. The van der Waals surface area contributed by atoms with E-state index >= 15 is 0 Å². The van der Waals surface area contributed by atoms with E-state index in [-0.39, 0.29) is 24.9 Å². The molecule has 0 aliphatic heterocycles. The Labute approximate surface area is 174 Å². The summed E-state index contributed by atoms with van der Waals surface area (Å²) in [5.41, 5.74) is 3.42. The number of benzene rings is 2. The minimum absolute atomic E-state index is 0.204. The zero-order chi connectivity index (χ0) is 21.7. The van der Waals surface area contributed by atoms with E-state index in [1.165, 1.54) is 12.1 Å². The van der Waals surface area contributed by atoms with Gasteiger partial charge in [-0.15, -0.1) is 0 Å². The number of esters is 1. The van der Waals surface area contributed by atoms with Crippen LogP contribution in [0, 0.1) is 19.7 Å². The van der Waals surface area contributed by atoms with Crippen molar-refractivity contribution in [3.63, 3.8) is 0 Å². The van der Waals surface area contributed by atoms with Crippen LogP contribution in [0.4, 0.5) is 10.1 Å². The van der Waals surface area contributed by atoms with Crippen molar-refractivity contribution < 1.29 is 23.5 Å². The minimum Gasteiger partial charge on any atom is -0.482 e. The third-order valence-electron chi connectivity index (χ3n) is 4.51. The van der Waals surface area contributed by atoms with Crippen LogP contribution in [0.3, 0.4) is 0 Å². The largest absolute Gasteiger partial charge is 0.482 e. The molecule has 0 radical (unpaired) electrons. The van der Waals surface area contributed by atoms with Gasteiger partial charge in [0.1, 0.15) is 11.6 Å². The Morgan fingerprint density at radius 3 is 2.50 bits per heavy atom. The fourth-order valence-corrected chi connectivity index (χ4v) is 3.19. The summed E-state index contributed by atoms with van der Waals surface area (Å²) in [6.07, 6.45) is 0. The second-order valence-electron chi connectivity index (χ2n) is 6.67. The van der Waals surface area contributed by atoms with Crippen LogP contribution in [-0.4, -0.2) is 29.7 Å². The molecule has 3 rings (SSSR count). The van der Waals surface area contributed by atoms with Crippen molar-refractivity contribution in [2.75, 3.05) is 18.5 Å². The Hall–Kier alpha value is -3.61. The van der Waals surface area contributed by atoms with Crippen molar-refractivity contribution in [3.8, 4) is 11.4 Å². The lowest BCUT2D eigenvalue weighted by Crippen LogP contribution is -2.15. The van der Waals surface area contributed by atoms with Crippen LogP contribution in [0.15, 0.2) is 54.6 Å². The Morgan fingerprint density at radius 1 is 1.07 bits per heavy atom. The highest BCUT2D eigenvalue weighted by Gasteiger charge is 2.17. The highest BCUT2D eigenvalue weighted by Crippen LogP contribution is 2.23. The molecule has 156 valence electrons. The number of nitrogens with one attached hydrogen (secondary N) is 1. The molecule has 0 fully saturated rings. The quantitative estimate of drug-likeness (QED) is 0.585. The van der Waals surface area contributed by atoms with Crippen LogP contribution >= 0.6 is 0 Å². The monoisotopic (exact) mass is 410 g/mol. The molecule has 0 spiro atoms. The number of carbonyl (C=O) groups excluding carboxylic acids is 2. The summed E-state index contributed by atoms with van der Waals surface area (Å²) in [6.45, 7) is 5.53. The fourth-order valence-electron chi connectivity index (χ4n) is 3.19. The summed E-state index contributed by atoms with van der Waals surface area (Å²) in [4.78, 5) is 24.3. The highest BCUT2D eigenvalue weighted by molar-refractivity contribution is 6.05. The lowest BCUT2D eigenvalue weighted by Gasteiger charge is -2.11. The highest BCUT2D eigenvalue weighted by atomic mass is 19.1. The Morgan fingerprint density at radius 2 is 1.80 bits per heavy atom. The van der Waals surface area contributed by atoms with Gasteiger partial charge in [-0.3, -0.25) is 4.79 Å². The molecule has 0 aliphatic carbocycles. The number of hydrogen-bond donors (Lipinski definition) is 1. The number of carbonyl (C=O) groups is 2. The van der Waals surface area contributed by atoms with Crippen LogP contribution < -0.4 is 10.1 Å². The molecule has 0 unspecified atom stereocenters. The molecule has 0 saturated heterocycles. The average molecular weight is 410 g/mol. The number of rotatable bonds is 7. The van der Waals surface area contributed by atoms with Gasteiger partial charge in [0.05, 0.1) is 12.2 Å². The van der Waals surface area contributed by atoms with E-state index in [9.17, 15) is 14.0 Å². The summed E-state index contributed by atoms with van der Waals surface area (Å²) in [7, 11) is 0. The molecule has 30 heavy (non-hydrogen) atoms. The predicted octanol–water partition coefficient (Wildman–Crippen LogP) is 4.43. The maximum absolute atomic E-state index is 13.2. The summed E-state index contributed by atoms with van der Waals surface area (Å²) in [5.74, 6) is -0.610. The molecular weight excluding hydrogens is 387 g/mol. The van der Waals surface area contributed by atoms with Gasteiger partial charge in [0.2, 0.25) is 0 Å². The first-order valence-electron chi connectivity index (χ1n) is 9.53. The zero-order valence-corrected chi connectivity index (χ0v) is 17.1. The lowest BCUT2D eigenvalue weighted by atomic mass is 10.2. The number of anilines is 1. The van der Waals surface area contributed by atoms with Crippen molar-refractivity contribution >= 4 is 17.6 Å². The molecular formula is C23H23FN2O4. The first-order valence-corrected chi connectivity index (χ1v) is 9.53. The Bertz CT molecular complexity index is 1060. The molecule has 0 aliphatic rings. The molecule has 1 heterocycles. The number of ether oxygens (including phenoxy) is 2. The van der Waals surface area contributed by atoms with Crippen molar-refractivity contribution in [1.82, 2.24) is 4.57 Å². The van der Waals surface area contributed by atoms with E-state index in [2.05, 4.69) is 5.32 Å². The normalized spacial score (nSPS) is 10.5. The van der Waals surface area contributed by atoms with Gasteiger partial charge >= 0.3 is 5.97 Å². The maximum atomic E-state index is 13.2. The summed E-state index contributed by atoms with van der Waals surface area (Å²) in [6, 6.07) is 14.7. The molecule has 1 aromatic heterocycles. The van der Waals surface area contributed by atoms with Crippen molar-refractivity contribution in [3.05, 3.63) is 77.4 Å². The van der Waals surface area contributed by atoms with Gasteiger partial charge in [-0.2, -0.15) is 0 Å². The number of amides is 1. The van der Waals surface area contributed by atoms with Gasteiger partial charge in [0.25, 0.3) is 5.91 Å². The lowest BCUT2D eigenvalue weighted by molar-refractivity contribution is -0.145. The summed E-state index contributed by atoms with van der Waals surface area (Å²) >= 11 is 0. The molecule has 0 saturated carbocycles. The van der Waals surface area contributed by atoms with E-state index in [0.717, 1.165) is 17.1 Å². The van der Waals surface area contributed by atoms with Crippen LogP contribution in [0.25, 0.3) is 5.69 Å².